The highest BCUT2D eigenvalue weighted by Gasteiger charge is 2.16. The zero-order valence-corrected chi connectivity index (χ0v) is 12.0. The molecule has 0 spiro atoms. The van der Waals surface area contributed by atoms with Gasteiger partial charge in [-0.2, -0.15) is 0 Å². The van der Waals surface area contributed by atoms with E-state index in [1.54, 1.807) is 0 Å². The summed E-state index contributed by atoms with van der Waals surface area (Å²) in [6, 6.07) is 3.87. The molecule has 0 atom stereocenters. The summed E-state index contributed by atoms with van der Waals surface area (Å²) in [6.45, 7) is -0.226. The number of fused-ring (bicyclic) bond motifs is 1. The maximum Gasteiger partial charge on any atom is 0.417 e. The second-order valence-corrected chi connectivity index (χ2v) is 8.23. The molecule has 0 fully saturated rings. The lowest BCUT2D eigenvalue weighted by Gasteiger charge is -2.05. The molecule has 0 radical (unpaired) electrons. The number of nitrogens with one attached hydrogen (secondary N) is 2. The Balaban J connectivity index is 2.25. The maximum atomic E-state index is 11.9. The van der Waals surface area contributed by atoms with Crippen molar-refractivity contribution in [3.8, 4) is 0 Å². The van der Waals surface area contributed by atoms with Gasteiger partial charge in [-0.15, -0.1) is 0 Å². The zero-order chi connectivity index (χ0) is 15.0. The van der Waals surface area contributed by atoms with Gasteiger partial charge in [-0.05, 0) is 12.1 Å². The molecule has 0 saturated heterocycles. The molecule has 1 aromatic carbocycles. The monoisotopic (exact) mass is 320 g/mol. The van der Waals surface area contributed by atoms with E-state index in [1.165, 1.54) is 18.2 Å². The molecule has 0 aliphatic rings. The summed E-state index contributed by atoms with van der Waals surface area (Å²) in [4.78, 5) is 13.3. The van der Waals surface area contributed by atoms with Gasteiger partial charge in [0.2, 0.25) is 10.0 Å². The summed E-state index contributed by atoms with van der Waals surface area (Å²) in [5.41, 5.74) is 0.492. The van der Waals surface area contributed by atoms with Crippen LogP contribution < -0.4 is 10.5 Å². The van der Waals surface area contributed by atoms with Crippen LogP contribution in [0.1, 0.15) is 0 Å². The zero-order valence-electron chi connectivity index (χ0n) is 10.4. The lowest BCUT2D eigenvalue weighted by molar-refractivity contribution is 0.553. The van der Waals surface area contributed by atoms with Gasteiger partial charge < -0.3 is 4.42 Å². The molecule has 0 aliphatic heterocycles. The van der Waals surface area contributed by atoms with E-state index in [-0.39, 0.29) is 22.8 Å². The summed E-state index contributed by atoms with van der Waals surface area (Å²) in [6.07, 6.45) is 1.02. The van der Waals surface area contributed by atoms with Crippen LogP contribution in [-0.4, -0.2) is 40.4 Å². The molecular formula is C10H12N2O6S2. The van der Waals surface area contributed by atoms with E-state index in [2.05, 4.69) is 9.71 Å². The Kier molecular flexibility index (Phi) is 3.71. The summed E-state index contributed by atoms with van der Waals surface area (Å²) in [5.74, 6) is -0.979. The highest BCUT2D eigenvalue weighted by molar-refractivity contribution is 7.91. The van der Waals surface area contributed by atoms with Crippen molar-refractivity contribution in [3.05, 3.63) is 28.7 Å². The molecule has 0 amide bonds. The number of aromatic nitrogens is 1. The van der Waals surface area contributed by atoms with Gasteiger partial charge in [0.15, 0.2) is 5.58 Å². The van der Waals surface area contributed by atoms with Gasteiger partial charge in [-0.1, -0.05) is 0 Å². The Labute approximate surface area is 114 Å². The van der Waals surface area contributed by atoms with E-state index in [0.717, 1.165) is 6.26 Å². The molecule has 1 aromatic heterocycles. The number of sulfone groups is 1. The Hall–Kier alpha value is -1.65. The highest BCUT2D eigenvalue weighted by atomic mass is 32.2. The third kappa shape index (κ3) is 3.46. The fraction of sp³-hybridized carbons (Fsp3) is 0.300. The van der Waals surface area contributed by atoms with E-state index in [1.807, 2.05) is 0 Å². The van der Waals surface area contributed by atoms with E-state index >= 15 is 0 Å². The van der Waals surface area contributed by atoms with Gasteiger partial charge in [0.25, 0.3) is 0 Å². The van der Waals surface area contributed by atoms with Crippen molar-refractivity contribution in [2.45, 2.75) is 4.90 Å². The molecule has 1 heterocycles. The van der Waals surface area contributed by atoms with Crippen LogP contribution in [0.5, 0.6) is 0 Å². The molecule has 0 unspecified atom stereocenters. The highest BCUT2D eigenvalue weighted by Crippen LogP contribution is 2.16. The fourth-order valence-corrected chi connectivity index (χ4v) is 3.19. The van der Waals surface area contributed by atoms with Gasteiger partial charge in [0.1, 0.15) is 9.84 Å². The molecule has 10 heteroatoms. The average molecular weight is 320 g/mol. The van der Waals surface area contributed by atoms with Gasteiger partial charge in [0, 0.05) is 18.9 Å². The lowest BCUT2D eigenvalue weighted by Crippen LogP contribution is -2.28. The first-order valence-corrected chi connectivity index (χ1v) is 9.02. The van der Waals surface area contributed by atoms with Crippen LogP contribution in [0.15, 0.2) is 32.3 Å². The largest absolute Gasteiger partial charge is 0.417 e. The van der Waals surface area contributed by atoms with Crippen LogP contribution in [0, 0.1) is 0 Å². The molecule has 0 bridgehead atoms. The maximum absolute atomic E-state index is 11.9. The Morgan fingerprint density at radius 1 is 1.25 bits per heavy atom. The van der Waals surface area contributed by atoms with E-state index < -0.39 is 25.6 Å². The van der Waals surface area contributed by atoms with E-state index in [4.69, 9.17) is 4.42 Å². The van der Waals surface area contributed by atoms with Crippen LogP contribution in [0.2, 0.25) is 0 Å². The molecule has 2 N–H and O–H groups in total. The number of oxazole rings is 1. The Morgan fingerprint density at radius 3 is 2.60 bits per heavy atom. The molecule has 2 rings (SSSR count). The number of hydrogen-bond donors (Lipinski definition) is 2. The molecular weight excluding hydrogens is 308 g/mol. The molecule has 0 aliphatic carbocycles. The predicted octanol–water partition coefficient (Wildman–Crippen LogP) is -0.556. The van der Waals surface area contributed by atoms with Crippen LogP contribution >= 0.6 is 0 Å². The van der Waals surface area contributed by atoms with Crippen molar-refractivity contribution >= 4 is 31.0 Å². The van der Waals surface area contributed by atoms with E-state index in [0.29, 0.717) is 5.52 Å². The molecule has 2 aromatic rings. The van der Waals surface area contributed by atoms with Crippen molar-refractivity contribution in [1.29, 1.82) is 0 Å². The number of rotatable bonds is 5. The third-order valence-corrected chi connectivity index (χ3v) is 4.87. The second-order valence-electron chi connectivity index (χ2n) is 4.20. The first-order chi connectivity index (χ1) is 9.17. The van der Waals surface area contributed by atoms with Crippen molar-refractivity contribution in [2.75, 3.05) is 18.6 Å². The predicted molar refractivity (Wildman–Crippen MR) is 71.7 cm³/mol. The Bertz CT molecular complexity index is 891. The second kappa shape index (κ2) is 5.04. The van der Waals surface area contributed by atoms with Gasteiger partial charge in [-0.25, -0.2) is 26.4 Å². The SMILES string of the molecule is CS(=O)(=O)CCNS(=O)(=O)c1ccc2[nH]c(=O)oc2c1. The van der Waals surface area contributed by atoms with Crippen LogP contribution in [0.4, 0.5) is 0 Å². The molecule has 8 nitrogen and oxygen atoms in total. The number of sulfonamides is 1. The molecule has 0 saturated carbocycles. The summed E-state index contributed by atoms with van der Waals surface area (Å²) < 4.78 is 52.7. The minimum Gasteiger partial charge on any atom is -0.408 e. The molecule has 20 heavy (non-hydrogen) atoms. The number of aromatic amines is 1. The standard InChI is InChI=1S/C10H12N2O6S2/c1-19(14,15)5-4-11-20(16,17)7-2-3-8-9(6-7)18-10(13)12-8/h2-3,6,11H,4-5H2,1H3,(H,12,13). The summed E-state index contributed by atoms with van der Waals surface area (Å²) in [7, 11) is -7.11. The molecule has 110 valence electrons. The normalized spacial score (nSPS) is 12.8. The lowest BCUT2D eigenvalue weighted by atomic mass is 10.3. The van der Waals surface area contributed by atoms with Crippen LogP contribution in [-0.2, 0) is 19.9 Å². The summed E-state index contributed by atoms with van der Waals surface area (Å²) in [5, 5.41) is 0. The van der Waals surface area contributed by atoms with Crippen molar-refractivity contribution in [1.82, 2.24) is 9.71 Å². The third-order valence-electron chi connectivity index (χ3n) is 2.47. The first-order valence-electron chi connectivity index (χ1n) is 5.48. The smallest absolute Gasteiger partial charge is 0.408 e. The number of benzene rings is 1. The minimum absolute atomic E-state index is 0.110. The average Bonchev–Trinajstić information content (AvgIpc) is 2.65. The van der Waals surface area contributed by atoms with Crippen LogP contribution in [0.25, 0.3) is 11.1 Å². The quantitative estimate of drug-likeness (QED) is 0.760. The fourth-order valence-electron chi connectivity index (χ4n) is 1.54. The number of hydrogen-bond acceptors (Lipinski definition) is 6. The Morgan fingerprint density at radius 2 is 1.95 bits per heavy atom. The first kappa shape index (κ1) is 14.8. The van der Waals surface area contributed by atoms with Crippen LogP contribution in [0.3, 0.4) is 0 Å². The van der Waals surface area contributed by atoms with Gasteiger partial charge >= 0.3 is 5.76 Å². The van der Waals surface area contributed by atoms with Crippen molar-refractivity contribution in [3.63, 3.8) is 0 Å². The number of H-pyrrole nitrogens is 1. The van der Waals surface area contributed by atoms with E-state index in [9.17, 15) is 21.6 Å². The van der Waals surface area contributed by atoms with Crippen molar-refractivity contribution in [2.24, 2.45) is 0 Å². The van der Waals surface area contributed by atoms with Crippen molar-refractivity contribution < 1.29 is 21.3 Å². The van der Waals surface area contributed by atoms with Gasteiger partial charge in [0.05, 0.1) is 16.2 Å². The summed E-state index contributed by atoms with van der Waals surface area (Å²) >= 11 is 0. The van der Waals surface area contributed by atoms with Gasteiger partial charge in [-0.3, -0.25) is 4.98 Å². The topological polar surface area (TPSA) is 126 Å². The minimum atomic E-state index is -3.86.